The van der Waals surface area contributed by atoms with Gasteiger partial charge in [-0.1, -0.05) is 12.8 Å². The molecular formula is C15H19BrN4O3. The summed E-state index contributed by atoms with van der Waals surface area (Å²) in [7, 11) is 0. The van der Waals surface area contributed by atoms with Crippen LogP contribution in [0.5, 0.6) is 0 Å². The third-order valence-electron chi connectivity index (χ3n) is 4.58. The molecule has 2 fully saturated rings. The van der Waals surface area contributed by atoms with Gasteiger partial charge in [0.1, 0.15) is 0 Å². The Morgan fingerprint density at radius 3 is 2.74 bits per heavy atom. The van der Waals surface area contributed by atoms with Crippen LogP contribution in [-0.4, -0.2) is 46.9 Å². The van der Waals surface area contributed by atoms with Gasteiger partial charge >= 0.3 is 5.69 Å². The summed E-state index contributed by atoms with van der Waals surface area (Å²) >= 11 is 3.20. The number of pyridine rings is 1. The largest absolute Gasteiger partial charge is 0.340 e. The fourth-order valence-corrected chi connectivity index (χ4v) is 3.71. The van der Waals surface area contributed by atoms with Gasteiger partial charge in [0.05, 0.1) is 11.5 Å². The molecule has 0 unspecified atom stereocenters. The molecule has 0 N–H and O–H groups in total. The lowest BCUT2D eigenvalue weighted by molar-refractivity contribution is -0.384. The van der Waals surface area contributed by atoms with Crippen LogP contribution in [0.2, 0.25) is 0 Å². The number of halogens is 1. The first-order chi connectivity index (χ1) is 11.0. The van der Waals surface area contributed by atoms with E-state index < -0.39 is 4.92 Å². The van der Waals surface area contributed by atoms with Gasteiger partial charge in [0.25, 0.3) is 0 Å². The normalized spacial score (nSPS) is 19.4. The zero-order chi connectivity index (χ0) is 16.4. The number of carbonyl (C=O) groups excluding carboxylic acids is 1. The van der Waals surface area contributed by atoms with Gasteiger partial charge in [0.2, 0.25) is 11.7 Å². The fraction of sp³-hybridized carbons (Fsp3) is 0.600. The first kappa shape index (κ1) is 16.2. The Bertz CT molecular complexity index is 619. The summed E-state index contributed by atoms with van der Waals surface area (Å²) in [6.45, 7) is 2.16. The van der Waals surface area contributed by atoms with E-state index in [1.165, 1.54) is 37.9 Å². The van der Waals surface area contributed by atoms with Crippen molar-refractivity contribution in [3.05, 3.63) is 26.9 Å². The molecule has 3 rings (SSSR count). The van der Waals surface area contributed by atoms with Gasteiger partial charge < -0.3 is 9.80 Å². The molecule has 8 heteroatoms. The number of nitro groups is 1. The lowest BCUT2D eigenvalue weighted by atomic mass is 10.1. The van der Waals surface area contributed by atoms with E-state index in [2.05, 4.69) is 20.9 Å². The average Bonchev–Trinajstić information content (AvgIpc) is 3.02. The van der Waals surface area contributed by atoms with Crippen molar-refractivity contribution in [1.82, 2.24) is 9.88 Å². The molecular weight excluding hydrogens is 364 g/mol. The standard InChI is InChI=1S/C15H19BrN4O3/c16-12-7-13(20(22)23)15(17-8-12)19-6-5-18(14(21)10-19)9-11-3-1-2-4-11/h7-8,11H,1-6,9-10H2. The smallest absolute Gasteiger partial charge is 0.312 e. The number of aromatic nitrogens is 1. The number of amides is 1. The molecule has 2 heterocycles. The lowest BCUT2D eigenvalue weighted by Crippen LogP contribution is -2.51. The highest BCUT2D eigenvalue weighted by atomic mass is 79.9. The van der Waals surface area contributed by atoms with E-state index >= 15 is 0 Å². The van der Waals surface area contributed by atoms with Crippen molar-refractivity contribution >= 4 is 33.3 Å². The summed E-state index contributed by atoms with van der Waals surface area (Å²) in [4.78, 5) is 30.9. The molecule has 2 aliphatic rings. The fourth-order valence-electron chi connectivity index (χ4n) is 3.39. The minimum absolute atomic E-state index is 0.0298. The highest BCUT2D eigenvalue weighted by Gasteiger charge is 2.31. The summed E-state index contributed by atoms with van der Waals surface area (Å²) < 4.78 is 0.555. The number of anilines is 1. The Labute approximate surface area is 142 Å². The van der Waals surface area contributed by atoms with Crippen LogP contribution in [0.4, 0.5) is 11.5 Å². The Balaban J connectivity index is 1.70. The minimum Gasteiger partial charge on any atom is -0.340 e. The molecule has 1 aromatic rings. The molecule has 1 saturated carbocycles. The van der Waals surface area contributed by atoms with Gasteiger partial charge in [0.15, 0.2) is 0 Å². The molecule has 0 spiro atoms. The molecule has 124 valence electrons. The van der Waals surface area contributed by atoms with Crippen molar-refractivity contribution in [2.45, 2.75) is 25.7 Å². The van der Waals surface area contributed by atoms with Crippen LogP contribution in [0, 0.1) is 16.0 Å². The average molecular weight is 383 g/mol. The second-order valence-corrected chi connectivity index (χ2v) is 7.08. The van der Waals surface area contributed by atoms with E-state index in [1.807, 2.05) is 4.90 Å². The molecule has 1 saturated heterocycles. The van der Waals surface area contributed by atoms with Gasteiger partial charge in [-0.25, -0.2) is 4.98 Å². The highest BCUT2D eigenvalue weighted by Crippen LogP contribution is 2.30. The van der Waals surface area contributed by atoms with Gasteiger partial charge in [-0.05, 0) is 34.7 Å². The number of hydrogen-bond acceptors (Lipinski definition) is 5. The van der Waals surface area contributed by atoms with E-state index in [0.717, 1.165) is 6.54 Å². The molecule has 1 aromatic heterocycles. The molecule has 1 amide bonds. The Hall–Kier alpha value is -1.70. The van der Waals surface area contributed by atoms with E-state index in [-0.39, 0.29) is 24.0 Å². The van der Waals surface area contributed by atoms with E-state index in [9.17, 15) is 14.9 Å². The van der Waals surface area contributed by atoms with Crippen LogP contribution in [-0.2, 0) is 4.79 Å². The number of carbonyl (C=O) groups is 1. The zero-order valence-electron chi connectivity index (χ0n) is 12.8. The number of nitrogens with zero attached hydrogens (tertiary/aromatic N) is 4. The molecule has 1 aliphatic carbocycles. The summed E-state index contributed by atoms with van der Waals surface area (Å²) in [6.07, 6.45) is 6.44. The maximum Gasteiger partial charge on any atom is 0.312 e. The minimum atomic E-state index is -0.456. The van der Waals surface area contributed by atoms with Crippen LogP contribution in [0.1, 0.15) is 25.7 Å². The van der Waals surface area contributed by atoms with Crippen LogP contribution >= 0.6 is 15.9 Å². The van der Waals surface area contributed by atoms with Gasteiger partial charge in [-0.3, -0.25) is 14.9 Å². The van der Waals surface area contributed by atoms with Crippen molar-refractivity contribution in [2.24, 2.45) is 5.92 Å². The van der Waals surface area contributed by atoms with Crippen molar-refractivity contribution in [3.8, 4) is 0 Å². The van der Waals surface area contributed by atoms with Crippen molar-refractivity contribution < 1.29 is 9.72 Å². The summed E-state index contributed by atoms with van der Waals surface area (Å²) in [5.74, 6) is 0.917. The summed E-state index contributed by atoms with van der Waals surface area (Å²) in [6, 6.07) is 1.43. The van der Waals surface area contributed by atoms with Gasteiger partial charge in [0, 0.05) is 36.4 Å². The second kappa shape index (κ2) is 6.82. The first-order valence-corrected chi connectivity index (χ1v) is 8.66. The maximum atomic E-state index is 12.4. The molecule has 1 aliphatic heterocycles. The van der Waals surface area contributed by atoms with Gasteiger partial charge in [-0.2, -0.15) is 0 Å². The number of piperazine rings is 1. The van der Waals surface area contributed by atoms with Crippen LogP contribution in [0.15, 0.2) is 16.7 Å². The predicted molar refractivity (Wildman–Crippen MR) is 89.3 cm³/mol. The third-order valence-corrected chi connectivity index (χ3v) is 5.02. The van der Waals surface area contributed by atoms with Crippen LogP contribution < -0.4 is 4.90 Å². The van der Waals surface area contributed by atoms with E-state index in [4.69, 9.17) is 0 Å². The van der Waals surface area contributed by atoms with Gasteiger partial charge in [-0.15, -0.1) is 0 Å². The zero-order valence-corrected chi connectivity index (χ0v) is 14.4. The Kier molecular flexibility index (Phi) is 4.79. The molecule has 0 radical (unpaired) electrons. The quantitative estimate of drug-likeness (QED) is 0.590. The molecule has 23 heavy (non-hydrogen) atoms. The van der Waals surface area contributed by atoms with Crippen molar-refractivity contribution in [2.75, 3.05) is 31.1 Å². The molecule has 0 bridgehead atoms. The number of rotatable bonds is 4. The Morgan fingerprint density at radius 2 is 2.09 bits per heavy atom. The maximum absolute atomic E-state index is 12.4. The molecule has 7 nitrogen and oxygen atoms in total. The van der Waals surface area contributed by atoms with Crippen molar-refractivity contribution in [1.29, 1.82) is 0 Å². The van der Waals surface area contributed by atoms with Crippen LogP contribution in [0.25, 0.3) is 0 Å². The van der Waals surface area contributed by atoms with E-state index in [1.54, 1.807) is 4.90 Å². The molecule has 0 atom stereocenters. The van der Waals surface area contributed by atoms with Crippen LogP contribution in [0.3, 0.4) is 0 Å². The summed E-state index contributed by atoms with van der Waals surface area (Å²) in [5.41, 5.74) is -0.0728. The Morgan fingerprint density at radius 1 is 1.35 bits per heavy atom. The highest BCUT2D eigenvalue weighted by molar-refractivity contribution is 9.10. The molecule has 0 aromatic carbocycles. The summed E-state index contributed by atoms with van der Waals surface area (Å²) in [5, 5.41) is 11.2. The van der Waals surface area contributed by atoms with E-state index in [0.29, 0.717) is 23.5 Å². The SMILES string of the molecule is O=C1CN(c2ncc(Br)cc2[N+](=O)[O-])CCN1CC1CCCC1. The predicted octanol–water partition coefficient (Wildman–Crippen LogP) is 2.59. The number of hydrogen-bond donors (Lipinski definition) is 0. The topological polar surface area (TPSA) is 79.6 Å². The lowest BCUT2D eigenvalue weighted by Gasteiger charge is -2.35. The second-order valence-electron chi connectivity index (χ2n) is 6.17. The van der Waals surface area contributed by atoms with Crippen molar-refractivity contribution in [3.63, 3.8) is 0 Å². The third kappa shape index (κ3) is 3.63. The first-order valence-electron chi connectivity index (χ1n) is 7.87. The monoisotopic (exact) mass is 382 g/mol.